The molecule has 1 aliphatic rings. The molecule has 0 bridgehead atoms. The maximum atomic E-state index is 15.5. The van der Waals surface area contributed by atoms with E-state index in [1.807, 2.05) is 30.3 Å². The molecule has 5 N–H and O–H groups in total. The van der Waals surface area contributed by atoms with Crippen LogP contribution in [-0.4, -0.2) is 31.3 Å². The van der Waals surface area contributed by atoms with Crippen molar-refractivity contribution in [2.24, 2.45) is 11.5 Å². The minimum Gasteiger partial charge on any atom is -0.488 e. The van der Waals surface area contributed by atoms with Crippen molar-refractivity contribution >= 4 is 17.5 Å². The Balaban J connectivity index is 0.00000149. The maximum Gasteiger partial charge on any atom is 0.249 e. The van der Waals surface area contributed by atoms with E-state index in [9.17, 15) is 9.18 Å². The summed E-state index contributed by atoms with van der Waals surface area (Å²) in [4.78, 5) is 12.1. The van der Waals surface area contributed by atoms with E-state index in [4.69, 9.17) is 31.9 Å². The summed E-state index contributed by atoms with van der Waals surface area (Å²) in [6, 6.07) is 13.0. The van der Waals surface area contributed by atoms with Gasteiger partial charge < -0.3 is 26.0 Å². The SMILES string of the molecule is CN.NC(=O)c1ccc(OCCO)c(F)c1-c1c(Cl)c(F)cc2c1CC(c1ccccc1)O2. The first-order valence-corrected chi connectivity index (χ1v) is 10.5. The largest absolute Gasteiger partial charge is 0.488 e. The Labute approximate surface area is 194 Å². The van der Waals surface area contributed by atoms with Crippen molar-refractivity contribution < 1.29 is 28.2 Å². The van der Waals surface area contributed by atoms with E-state index < -0.39 is 23.6 Å². The number of aliphatic hydroxyl groups excluding tert-OH is 1. The molecule has 33 heavy (non-hydrogen) atoms. The molecular formula is C24H23ClF2N2O4. The second-order valence-corrected chi connectivity index (χ2v) is 7.36. The van der Waals surface area contributed by atoms with Crippen molar-refractivity contribution in [2.45, 2.75) is 12.5 Å². The first kappa shape index (κ1) is 24.4. The van der Waals surface area contributed by atoms with E-state index in [1.54, 1.807) is 0 Å². The predicted octanol–water partition coefficient (Wildman–Crippen LogP) is 4.01. The first-order valence-electron chi connectivity index (χ1n) is 10.1. The fraction of sp³-hybridized carbons (Fsp3) is 0.208. The van der Waals surface area contributed by atoms with Crippen molar-refractivity contribution in [1.82, 2.24) is 0 Å². The molecule has 9 heteroatoms. The summed E-state index contributed by atoms with van der Waals surface area (Å²) in [7, 11) is 1.50. The van der Waals surface area contributed by atoms with Gasteiger partial charge >= 0.3 is 0 Å². The number of hydrogen-bond donors (Lipinski definition) is 3. The normalized spacial score (nSPS) is 14.1. The number of carbonyl (C=O) groups excluding carboxylic acids is 1. The lowest BCUT2D eigenvalue weighted by Crippen LogP contribution is -2.15. The van der Waals surface area contributed by atoms with E-state index in [0.717, 1.165) is 11.6 Å². The zero-order valence-electron chi connectivity index (χ0n) is 17.8. The average molecular weight is 477 g/mol. The van der Waals surface area contributed by atoms with Crippen molar-refractivity contribution in [2.75, 3.05) is 20.3 Å². The van der Waals surface area contributed by atoms with Gasteiger partial charge in [0.15, 0.2) is 11.6 Å². The standard InChI is InChI=1S/C23H18ClF2NO4.CH5N/c24-21-15(25)11-18-14(10-17(31-18)12-4-2-1-3-5-12)19(21)20-13(23(27)29)6-7-16(22(20)26)30-9-8-28;1-2/h1-7,11,17,28H,8-10H2,(H2,27,29);2H2,1H3. The highest BCUT2D eigenvalue weighted by Crippen LogP contribution is 2.48. The first-order chi connectivity index (χ1) is 15.9. The Morgan fingerprint density at radius 3 is 2.52 bits per heavy atom. The summed E-state index contributed by atoms with van der Waals surface area (Å²) in [5.74, 6) is -2.66. The van der Waals surface area contributed by atoms with E-state index >= 15 is 4.39 Å². The van der Waals surface area contributed by atoms with Gasteiger partial charge in [0.1, 0.15) is 24.3 Å². The van der Waals surface area contributed by atoms with Crippen LogP contribution in [0.15, 0.2) is 48.5 Å². The van der Waals surface area contributed by atoms with E-state index in [1.165, 1.54) is 19.2 Å². The van der Waals surface area contributed by atoms with Crippen LogP contribution in [0.1, 0.15) is 27.6 Å². The topological polar surface area (TPSA) is 108 Å². The molecule has 0 radical (unpaired) electrons. The number of aliphatic hydroxyl groups is 1. The minimum absolute atomic E-state index is 0.00385. The summed E-state index contributed by atoms with van der Waals surface area (Å²) >= 11 is 6.28. The van der Waals surface area contributed by atoms with Crippen LogP contribution in [0.2, 0.25) is 5.02 Å². The number of nitrogens with two attached hydrogens (primary N) is 2. The third kappa shape index (κ3) is 4.78. The predicted molar refractivity (Wildman–Crippen MR) is 122 cm³/mol. The fourth-order valence-corrected chi connectivity index (χ4v) is 3.98. The molecule has 3 aromatic carbocycles. The molecule has 1 unspecified atom stereocenters. The third-order valence-electron chi connectivity index (χ3n) is 5.09. The zero-order valence-corrected chi connectivity index (χ0v) is 18.5. The molecule has 0 spiro atoms. The van der Waals surface area contributed by atoms with Gasteiger partial charge in [-0.3, -0.25) is 4.79 Å². The number of ether oxygens (including phenoxy) is 2. The van der Waals surface area contributed by atoms with Crippen LogP contribution in [0.4, 0.5) is 8.78 Å². The molecule has 0 aromatic heterocycles. The molecular weight excluding hydrogens is 454 g/mol. The molecule has 0 fully saturated rings. The molecule has 4 rings (SSSR count). The number of hydrogen-bond acceptors (Lipinski definition) is 5. The summed E-state index contributed by atoms with van der Waals surface area (Å²) < 4.78 is 41.3. The van der Waals surface area contributed by atoms with Crippen LogP contribution in [0, 0.1) is 11.6 Å². The van der Waals surface area contributed by atoms with Gasteiger partial charge in [0.05, 0.1) is 17.2 Å². The molecule has 1 atom stereocenters. The molecule has 0 aliphatic carbocycles. The van der Waals surface area contributed by atoms with Gasteiger partial charge in [0.2, 0.25) is 5.91 Å². The van der Waals surface area contributed by atoms with Gasteiger partial charge in [-0.2, -0.15) is 0 Å². The minimum atomic E-state index is -0.928. The van der Waals surface area contributed by atoms with Crippen molar-refractivity contribution in [3.8, 4) is 22.6 Å². The summed E-state index contributed by atoms with van der Waals surface area (Å²) in [5, 5.41) is 8.63. The monoisotopic (exact) mass is 476 g/mol. The number of fused-ring (bicyclic) bond motifs is 1. The fourth-order valence-electron chi connectivity index (χ4n) is 3.72. The highest BCUT2D eigenvalue weighted by atomic mass is 35.5. The molecule has 3 aromatic rings. The number of carbonyl (C=O) groups is 1. The van der Waals surface area contributed by atoms with Crippen LogP contribution in [0.5, 0.6) is 11.5 Å². The van der Waals surface area contributed by atoms with Crippen LogP contribution in [-0.2, 0) is 6.42 Å². The van der Waals surface area contributed by atoms with E-state index in [0.29, 0.717) is 5.56 Å². The maximum absolute atomic E-state index is 15.5. The number of amides is 1. The molecule has 1 aliphatic heterocycles. The van der Waals surface area contributed by atoms with Gasteiger partial charge in [-0.25, -0.2) is 8.78 Å². The van der Waals surface area contributed by atoms with Crippen molar-refractivity contribution in [1.29, 1.82) is 0 Å². The zero-order chi connectivity index (χ0) is 24.1. The number of rotatable bonds is 6. The second kappa shape index (κ2) is 10.6. The molecule has 0 saturated carbocycles. The summed E-state index contributed by atoms with van der Waals surface area (Å²) in [5.41, 5.74) is 10.8. The lowest BCUT2D eigenvalue weighted by Gasteiger charge is -2.16. The van der Waals surface area contributed by atoms with Crippen LogP contribution in [0.25, 0.3) is 11.1 Å². The highest BCUT2D eigenvalue weighted by molar-refractivity contribution is 6.34. The number of benzene rings is 3. The second-order valence-electron chi connectivity index (χ2n) is 6.98. The Bertz CT molecular complexity index is 1160. The van der Waals surface area contributed by atoms with Crippen molar-refractivity contribution in [3.63, 3.8) is 0 Å². The summed E-state index contributed by atoms with van der Waals surface area (Å²) in [6.45, 7) is -0.504. The van der Waals surface area contributed by atoms with Crippen molar-refractivity contribution in [3.05, 3.63) is 81.9 Å². The number of halogens is 3. The van der Waals surface area contributed by atoms with Crippen LogP contribution in [0.3, 0.4) is 0 Å². The smallest absolute Gasteiger partial charge is 0.249 e. The van der Waals surface area contributed by atoms with Crippen LogP contribution < -0.4 is 20.9 Å². The van der Waals surface area contributed by atoms with Gasteiger partial charge in [-0.15, -0.1) is 0 Å². The molecule has 6 nitrogen and oxygen atoms in total. The summed E-state index contributed by atoms with van der Waals surface area (Å²) in [6.07, 6.45) is -0.143. The average Bonchev–Trinajstić information content (AvgIpc) is 3.24. The Hall–Kier alpha value is -3.20. The van der Waals surface area contributed by atoms with Gasteiger partial charge in [-0.05, 0) is 24.7 Å². The van der Waals surface area contributed by atoms with E-state index in [-0.39, 0.29) is 52.8 Å². The Morgan fingerprint density at radius 2 is 1.88 bits per heavy atom. The highest BCUT2D eigenvalue weighted by Gasteiger charge is 2.33. The molecule has 1 heterocycles. The van der Waals surface area contributed by atoms with Gasteiger partial charge in [-0.1, -0.05) is 41.9 Å². The van der Waals surface area contributed by atoms with Crippen LogP contribution >= 0.6 is 11.6 Å². The number of primary amides is 1. The lowest BCUT2D eigenvalue weighted by atomic mass is 9.91. The molecule has 1 amide bonds. The van der Waals surface area contributed by atoms with Gasteiger partial charge in [0, 0.05) is 29.2 Å². The van der Waals surface area contributed by atoms with E-state index in [2.05, 4.69) is 5.73 Å². The lowest BCUT2D eigenvalue weighted by molar-refractivity contribution is 0.100. The quantitative estimate of drug-likeness (QED) is 0.498. The Kier molecular flexibility index (Phi) is 7.86. The third-order valence-corrected chi connectivity index (χ3v) is 5.46. The Morgan fingerprint density at radius 1 is 1.18 bits per heavy atom. The molecule has 0 saturated heterocycles. The van der Waals surface area contributed by atoms with Gasteiger partial charge in [0.25, 0.3) is 0 Å². The molecule has 174 valence electrons.